The van der Waals surface area contributed by atoms with Gasteiger partial charge in [-0.2, -0.15) is 0 Å². The van der Waals surface area contributed by atoms with Crippen LogP contribution in [0.1, 0.15) is 23.2 Å². The normalized spacial score (nSPS) is 14.7. The van der Waals surface area contributed by atoms with Gasteiger partial charge in [0.05, 0.1) is 12.2 Å². The number of nitrogens with zero attached hydrogens (tertiary/aromatic N) is 2. The summed E-state index contributed by atoms with van der Waals surface area (Å²) in [5.41, 5.74) is 5.23. The van der Waals surface area contributed by atoms with Crippen molar-refractivity contribution in [1.82, 2.24) is 9.88 Å². The number of aliphatic hydroxyl groups excluding tert-OH is 1. The summed E-state index contributed by atoms with van der Waals surface area (Å²) >= 11 is 0. The minimum absolute atomic E-state index is 0.0853. The van der Waals surface area contributed by atoms with Crippen molar-refractivity contribution in [1.29, 1.82) is 0 Å². The molecule has 2 rings (SSSR count). The molecule has 5 nitrogen and oxygen atoms in total. The first kappa shape index (κ1) is 11.8. The van der Waals surface area contributed by atoms with Gasteiger partial charge in [-0.15, -0.1) is 0 Å². The van der Waals surface area contributed by atoms with Crippen LogP contribution in [0.15, 0.2) is 12.3 Å². The van der Waals surface area contributed by atoms with Gasteiger partial charge in [0, 0.05) is 18.8 Å². The quantitative estimate of drug-likeness (QED) is 0.797. The van der Waals surface area contributed by atoms with Crippen LogP contribution < -0.4 is 5.73 Å². The molecule has 0 saturated heterocycles. The molecule has 1 fully saturated rings. The van der Waals surface area contributed by atoms with E-state index in [1.807, 2.05) is 0 Å². The second kappa shape index (κ2) is 4.67. The predicted octanol–water partition coefficient (Wildman–Crippen LogP) is 0.400. The first-order chi connectivity index (χ1) is 8.15. The number of carbonyl (C=O) groups is 1. The molecule has 0 atom stereocenters. The van der Waals surface area contributed by atoms with Gasteiger partial charge < -0.3 is 15.7 Å². The standard InChI is InChI=1S/C11H14FN3O2/c12-9-8(3-4-14-10(9)13)11(17)15(5-6-16)7-1-2-7/h3-4,7,16H,1-2,5-6H2,(H2,13,14). The second-order valence-electron chi connectivity index (χ2n) is 4.01. The van der Waals surface area contributed by atoms with Crippen LogP contribution in [-0.4, -0.2) is 40.1 Å². The average Bonchev–Trinajstić information content (AvgIpc) is 3.13. The Morgan fingerprint density at radius 2 is 2.35 bits per heavy atom. The lowest BCUT2D eigenvalue weighted by Crippen LogP contribution is -2.36. The molecule has 6 heteroatoms. The SMILES string of the molecule is Nc1nccc(C(=O)N(CCO)C2CC2)c1F. The minimum atomic E-state index is -0.791. The highest BCUT2D eigenvalue weighted by atomic mass is 19.1. The predicted molar refractivity (Wildman–Crippen MR) is 59.8 cm³/mol. The zero-order chi connectivity index (χ0) is 12.4. The number of amides is 1. The van der Waals surface area contributed by atoms with Crippen LogP contribution >= 0.6 is 0 Å². The highest BCUT2D eigenvalue weighted by Gasteiger charge is 2.33. The Balaban J connectivity index is 2.25. The molecule has 1 heterocycles. The number of carbonyl (C=O) groups excluding carboxylic acids is 1. The monoisotopic (exact) mass is 239 g/mol. The summed E-state index contributed by atoms with van der Waals surface area (Å²) in [6.07, 6.45) is 3.09. The summed E-state index contributed by atoms with van der Waals surface area (Å²) in [4.78, 5) is 17.1. The number of nitrogens with two attached hydrogens (primary N) is 1. The topological polar surface area (TPSA) is 79.5 Å². The van der Waals surface area contributed by atoms with Gasteiger partial charge in [0.25, 0.3) is 5.91 Å². The van der Waals surface area contributed by atoms with Crippen LogP contribution in [0.2, 0.25) is 0 Å². The van der Waals surface area contributed by atoms with E-state index in [1.54, 1.807) is 0 Å². The van der Waals surface area contributed by atoms with Crippen molar-refractivity contribution >= 4 is 11.7 Å². The molecule has 1 saturated carbocycles. The Bertz CT molecular complexity index is 435. The molecule has 1 amide bonds. The van der Waals surface area contributed by atoms with Gasteiger partial charge in [0.1, 0.15) is 0 Å². The van der Waals surface area contributed by atoms with E-state index in [4.69, 9.17) is 10.8 Å². The molecule has 1 aliphatic rings. The largest absolute Gasteiger partial charge is 0.395 e. The van der Waals surface area contributed by atoms with Crippen molar-refractivity contribution in [2.45, 2.75) is 18.9 Å². The average molecular weight is 239 g/mol. The molecule has 1 aromatic rings. The molecule has 0 aromatic carbocycles. The number of hydrogen-bond acceptors (Lipinski definition) is 4. The summed E-state index contributed by atoms with van der Waals surface area (Å²) in [6.45, 7) is 0.0790. The Kier molecular flexibility index (Phi) is 3.23. The maximum Gasteiger partial charge on any atom is 0.257 e. The molecule has 0 radical (unpaired) electrons. The molecular formula is C11H14FN3O2. The maximum absolute atomic E-state index is 13.6. The van der Waals surface area contributed by atoms with E-state index in [1.165, 1.54) is 17.2 Å². The Morgan fingerprint density at radius 3 is 2.94 bits per heavy atom. The van der Waals surface area contributed by atoms with Crippen LogP contribution in [0.3, 0.4) is 0 Å². The van der Waals surface area contributed by atoms with E-state index in [-0.39, 0.29) is 30.6 Å². The fourth-order valence-electron chi connectivity index (χ4n) is 1.72. The van der Waals surface area contributed by atoms with E-state index in [0.717, 1.165) is 12.8 Å². The van der Waals surface area contributed by atoms with E-state index in [9.17, 15) is 9.18 Å². The first-order valence-corrected chi connectivity index (χ1v) is 5.47. The summed E-state index contributed by atoms with van der Waals surface area (Å²) in [6, 6.07) is 1.42. The number of aromatic nitrogens is 1. The Morgan fingerprint density at radius 1 is 1.65 bits per heavy atom. The third kappa shape index (κ3) is 2.36. The third-order valence-corrected chi connectivity index (χ3v) is 2.74. The number of nitrogen functional groups attached to an aromatic ring is 1. The molecular weight excluding hydrogens is 225 g/mol. The van der Waals surface area contributed by atoms with E-state index in [0.29, 0.717) is 0 Å². The van der Waals surface area contributed by atoms with Gasteiger partial charge in [-0.05, 0) is 18.9 Å². The summed E-state index contributed by atoms with van der Waals surface area (Å²) in [7, 11) is 0. The number of pyridine rings is 1. The Hall–Kier alpha value is -1.69. The molecule has 0 spiro atoms. The van der Waals surface area contributed by atoms with Gasteiger partial charge in [0.2, 0.25) is 0 Å². The number of anilines is 1. The summed E-state index contributed by atoms with van der Waals surface area (Å²) in [5.74, 6) is -1.51. The van der Waals surface area contributed by atoms with Crippen LogP contribution in [0.4, 0.5) is 10.2 Å². The number of aliphatic hydroxyl groups is 1. The lowest BCUT2D eigenvalue weighted by atomic mass is 10.2. The van der Waals surface area contributed by atoms with Crippen molar-refractivity contribution in [3.8, 4) is 0 Å². The van der Waals surface area contributed by atoms with Crippen LogP contribution in [0.5, 0.6) is 0 Å². The highest BCUT2D eigenvalue weighted by Crippen LogP contribution is 2.28. The van der Waals surface area contributed by atoms with Crippen LogP contribution in [0, 0.1) is 5.82 Å². The second-order valence-corrected chi connectivity index (χ2v) is 4.01. The zero-order valence-electron chi connectivity index (χ0n) is 9.27. The van der Waals surface area contributed by atoms with Crippen LogP contribution in [0.25, 0.3) is 0 Å². The lowest BCUT2D eigenvalue weighted by Gasteiger charge is -2.21. The summed E-state index contributed by atoms with van der Waals surface area (Å²) < 4.78 is 13.6. The van der Waals surface area contributed by atoms with Crippen molar-refractivity contribution in [2.75, 3.05) is 18.9 Å². The van der Waals surface area contributed by atoms with E-state index in [2.05, 4.69) is 4.98 Å². The van der Waals surface area contributed by atoms with Crippen molar-refractivity contribution in [2.24, 2.45) is 0 Å². The van der Waals surface area contributed by atoms with Crippen molar-refractivity contribution in [3.05, 3.63) is 23.6 Å². The molecule has 1 aromatic heterocycles. The molecule has 92 valence electrons. The fraction of sp³-hybridized carbons (Fsp3) is 0.455. The number of halogens is 1. The summed E-state index contributed by atoms with van der Waals surface area (Å²) in [5, 5.41) is 8.91. The fourth-order valence-corrected chi connectivity index (χ4v) is 1.72. The van der Waals surface area contributed by atoms with Gasteiger partial charge in [-0.3, -0.25) is 4.79 Å². The first-order valence-electron chi connectivity index (χ1n) is 5.47. The molecule has 0 bridgehead atoms. The van der Waals surface area contributed by atoms with Crippen molar-refractivity contribution in [3.63, 3.8) is 0 Å². The van der Waals surface area contributed by atoms with Crippen molar-refractivity contribution < 1.29 is 14.3 Å². The number of rotatable bonds is 4. The van der Waals surface area contributed by atoms with E-state index < -0.39 is 11.7 Å². The van der Waals surface area contributed by atoms with Crippen LogP contribution in [-0.2, 0) is 0 Å². The van der Waals surface area contributed by atoms with E-state index >= 15 is 0 Å². The highest BCUT2D eigenvalue weighted by molar-refractivity contribution is 5.95. The van der Waals surface area contributed by atoms with Gasteiger partial charge in [0.15, 0.2) is 11.6 Å². The smallest absolute Gasteiger partial charge is 0.257 e. The van der Waals surface area contributed by atoms with Gasteiger partial charge in [-0.25, -0.2) is 9.37 Å². The maximum atomic E-state index is 13.6. The van der Waals surface area contributed by atoms with Gasteiger partial charge in [-0.1, -0.05) is 0 Å². The lowest BCUT2D eigenvalue weighted by molar-refractivity contribution is 0.0703. The molecule has 0 unspecified atom stereocenters. The molecule has 17 heavy (non-hydrogen) atoms. The molecule has 0 aliphatic heterocycles. The van der Waals surface area contributed by atoms with Gasteiger partial charge >= 0.3 is 0 Å². The minimum Gasteiger partial charge on any atom is -0.395 e. The third-order valence-electron chi connectivity index (χ3n) is 2.74. The zero-order valence-corrected chi connectivity index (χ0v) is 9.27. The number of hydrogen-bond donors (Lipinski definition) is 2. The Labute approximate surface area is 98.1 Å². The molecule has 1 aliphatic carbocycles. The molecule has 3 N–H and O–H groups in total.